The maximum atomic E-state index is 12.3. The number of aromatic nitrogens is 2. The van der Waals surface area contributed by atoms with E-state index in [9.17, 15) is 14.4 Å². The van der Waals surface area contributed by atoms with Gasteiger partial charge in [-0.25, -0.2) is 0 Å². The molecule has 0 spiro atoms. The van der Waals surface area contributed by atoms with Crippen LogP contribution >= 0.6 is 0 Å². The first-order valence-corrected chi connectivity index (χ1v) is 5.96. The van der Waals surface area contributed by atoms with Crippen LogP contribution in [0.1, 0.15) is 28.7 Å². The van der Waals surface area contributed by atoms with Gasteiger partial charge >= 0.3 is 0 Å². The Balaban J connectivity index is 2.31. The summed E-state index contributed by atoms with van der Waals surface area (Å²) in [5.74, 6) is -1.30. The lowest BCUT2D eigenvalue weighted by Crippen LogP contribution is -2.53. The van der Waals surface area contributed by atoms with E-state index >= 15 is 0 Å². The summed E-state index contributed by atoms with van der Waals surface area (Å²) in [5.41, 5.74) is 1.58. The highest BCUT2D eigenvalue weighted by Crippen LogP contribution is 2.12. The minimum absolute atomic E-state index is 0.116. The van der Waals surface area contributed by atoms with Gasteiger partial charge in [0, 0.05) is 0 Å². The first kappa shape index (κ1) is 13.1. The zero-order chi connectivity index (χ0) is 14.0. The molecular weight excluding hydrogens is 248 g/mol. The normalized spacial score (nSPS) is 15.4. The number of nitrogens with one attached hydrogen (secondary N) is 1. The summed E-state index contributed by atoms with van der Waals surface area (Å²) in [6.07, 6.45) is 0.558. The third-order valence-corrected chi connectivity index (χ3v) is 2.79. The predicted molar refractivity (Wildman–Crippen MR) is 65.2 cm³/mol. The topological polar surface area (TPSA) is 92.3 Å². The highest BCUT2D eigenvalue weighted by Gasteiger charge is 2.28. The van der Waals surface area contributed by atoms with Gasteiger partial charge in [0.05, 0.1) is 17.0 Å². The molecule has 1 fully saturated rings. The second-order valence-corrected chi connectivity index (χ2v) is 4.33. The number of hydrogen-bond donors (Lipinski definition) is 1. The lowest BCUT2D eigenvalue weighted by Gasteiger charge is -2.25. The standard InChI is InChI=1S/C12H14N4O3/c1-3-9-8(4-7(2)14-15-9)12(19)16-5-10(17)13-11(18)6-16/h4H,3,5-6H2,1-2H3,(H,13,17,18). The number of carbonyl (C=O) groups is 3. The zero-order valence-electron chi connectivity index (χ0n) is 10.8. The van der Waals surface area contributed by atoms with Crippen LogP contribution < -0.4 is 5.32 Å². The van der Waals surface area contributed by atoms with Gasteiger partial charge in [0.15, 0.2) is 0 Å². The van der Waals surface area contributed by atoms with Crippen molar-refractivity contribution >= 4 is 17.7 Å². The summed E-state index contributed by atoms with van der Waals surface area (Å²) < 4.78 is 0. The average Bonchev–Trinajstić information content (AvgIpc) is 2.36. The van der Waals surface area contributed by atoms with Gasteiger partial charge in [-0.05, 0) is 19.4 Å². The number of carbonyl (C=O) groups excluding carboxylic acids is 3. The van der Waals surface area contributed by atoms with Gasteiger partial charge in [-0.3, -0.25) is 19.7 Å². The molecule has 2 rings (SSSR count). The molecule has 1 N–H and O–H groups in total. The molecule has 1 aliphatic heterocycles. The molecule has 7 heteroatoms. The van der Waals surface area contributed by atoms with E-state index in [1.54, 1.807) is 13.0 Å². The largest absolute Gasteiger partial charge is 0.320 e. The Labute approximate surface area is 110 Å². The fourth-order valence-corrected chi connectivity index (χ4v) is 1.91. The number of amides is 3. The van der Waals surface area contributed by atoms with Crippen LogP contribution in [0.15, 0.2) is 6.07 Å². The van der Waals surface area contributed by atoms with Crippen LogP contribution in [0.4, 0.5) is 0 Å². The van der Waals surface area contributed by atoms with Crippen LogP contribution in [-0.2, 0) is 16.0 Å². The monoisotopic (exact) mass is 262 g/mol. The fourth-order valence-electron chi connectivity index (χ4n) is 1.91. The molecule has 0 aliphatic carbocycles. The number of rotatable bonds is 2. The Morgan fingerprint density at radius 2 is 1.95 bits per heavy atom. The lowest BCUT2D eigenvalue weighted by molar-refractivity contribution is -0.135. The van der Waals surface area contributed by atoms with E-state index in [2.05, 4.69) is 15.5 Å². The molecule has 3 amide bonds. The van der Waals surface area contributed by atoms with Gasteiger partial charge in [0.25, 0.3) is 5.91 Å². The van der Waals surface area contributed by atoms with Crippen molar-refractivity contribution in [2.45, 2.75) is 20.3 Å². The van der Waals surface area contributed by atoms with Crippen LogP contribution in [0.2, 0.25) is 0 Å². The summed E-state index contributed by atoms with van der Waals surface area (Å²) >= 11 is 0. The molecule has 1 aliphatic rings. The average molecular weight is 262 g/mol. The third-order valence-electron chi connectivity index (χ3n) is 2.79. The maximum Gasteiger partial charge on any atom is 0.256 e. The molecular formula is C12H14N4O3. The van der Waals surface area contributed by atoms with Crippen LogP contribution in [0, 0.1) is 6.92 Å². The van der Waals surface area contributed by atoms with Gasteiger partial charge in [-0.1, -0.05) is 6.92 Å². The van der Waals surface area contributed by atoms with E-state index in [4.69, 9.17) is 0 Å². The third kappa shape index (κ3) is 2.75. The SMILES string of the molecule is CCc1nnc(C)cc1C(=O)N1CC(=O)NC(=O)C1. The molecule has 1 aromatic rings. The van der Waals surface area contributed by atoms with Gasteiger partial charge in [-0.15, -0.1) is 0 Å². The molecule has 0 bridgehead atoms. The second kappa shape index (κ2) is 5.13. The lowest BCUT2D eigenvalue weighted by atomic mass is 10.1. The summed E-state index contributed by atoms with van der Waals surface area (Å²) in [6.45, 7) is 3.37. The summed E-state index contributed by atoms with van der Waals surface area (Å²) in [5, 5.41) is 10.0. The van der Waals surface area contributed by atoms with Crippen molar-refractivity contribution in [1.82, 2.24) is 20.4 Å². The molecule has 19 heavy (non-hydrogen) atoms. The quantitative estimate of drug-likeness (QED) is 0.722. The van der Waals surface area contributed by atoms with Crippen molar-refractivity contribution in [1.29, 1.82) is 0 Å². The van der Waals surface area contributed by atoms with E-state index in [0.717, 1.165) is 0 Å². The molecule has 0 radical (unpaired) electrons. The molecule has 1 aromatic heterocycles. The van der Waals surface area contributed by atoms with Crippen LogP contribution in [-0.4, -0.2) is 45.9 Å². The van der Waals surface area contributed by atoms with Gasteiger partial charge in [0.1, 0.15) is 13.1 Å². The molecule has 1 saturated heterocycles. The number of hydrogen-bond acceptors (Lipinski definition) is 5. The molecule has 0 unspecified atom stereocenters. The molecule has 0 atom stereocenters. The predicted octanol–water partition coefficient (Wildman–Crippen LogP) is -0.554. The Morgan fingerprint density at radius 1 is 1.32 bits per heavy atom. The van der Waals surface area contributed by atoms with Gasteiger partial charge in [-0.2, -0.15) is 10.2 Å². The van der Waals surface area contributed by atoms with E-state index in [1.165, 1.54) is 4.90 Å². The van der Waals surface area contributed by atoms with Crippen molar-refractivity contribution < 1.29 is 14.4 Å². The summed E-state index contributed by atoms with van der Waals surface area (Å²) in [7, 11) is 0. The van der Waals surface area contributed by atoms with Crippen molar-refractivity contribution in [3.63, 3.8) is 0 Å². The molecule has 7 nitrogen and oxygen atoms in total. The van der Waals surface area contributed by atoms with Crippen molar-refractivity contribution in [2.24, 2.45) is 0 Å². The van der Waals surface area contributed by atoms with Crippen molar-refractivity contribution in [2.75, 3.05) is 13.1 Å². The second-order valence-electron chi connectivity index (χ2n) is 4.33. The Bertz CT molecular complexity index is 540. The highest BCUT2D eigenvalue weighted by atomic mass is 16.2. The minimum atomic E-state index is -0.471. The number of imide groups is 1. The Kier molecular flexibility index (Phi) is 3.55. The van der Waals surface area contributed by atoms with Crippen LogP contribution in [0.25, 0.3) is 0 Å². The van der Waals surface area contributed by atoms with E-state index in [-0.39, 0.29) is 19.0 Å². The fraction of sp³-hybridized carbons (Fsp3) is 0.417. The Morgan fingerprint density at radius 3 is 2.53 bits per heavy atom. The summed E-state index contributed by atoms with van der Waals surface area (Å²) in [6, 6.07) is 1.63. The maximum absolute atomic E-state index is 12.3. The smallest absolute Gasteiger partial charge is 0.256 e. The first-order chi connectivity index (χ1) is 9.01. The minimum Gasteiger partial charge on any atom is -0.320 e. The van der Waals surface area contributed by atoms with Crippen molar-refractivity contribution in [3.8, 4) is 0 Å². The van der Waals surface area contributed by atoms with E-state index < -0.39 is 11.8 Å². The molecule has 100 valence electrons. The Hall–Kier alpha value is -2.31. The summed E-state index contributed by atoms with van der Waals surface area (Å²) in [4.78, 5) is 36.1. The highest BCUT2D eigenvalue weighted by molar-refractivity contribution is 6.06. The number of nitrogens with zero attached hydrogens (tertiary/aromatic N) is 3. The first-order valence-electron chi connectivity index (χ1n) is 5.96. The number of piperazine rings is 1. The van der Waals surface area contributed by atoms with E-state index in [0.29, 0.717) is 23.4 Å². The number of aryl methyl sites for hydroxylation is 2. The van der Waals surface area contributed by atoms with Gasteiger partial charge in [0.2, 0.25) is 11.8 Å². The zero-order valence-corrected chi connectivity index (χ0v) is 10.8. The van der Waals surface area contributed by atoms with Gasteiger partial charge < -0.3 is 4.90 Å². The van der Waals surface area contributed by atoms with E-state index in [1.807, 2.05) is 6.92 Å². The van der Waals surface area contributed by atoms with Crippen molar-refractivity contribution in [3.05, 3.63) is 23.0 Å². The van der Waals surface area contributed by atoms with Crippen LogP contribution in [0.3, 0.4) is 0 Å². The molecule has 2 heterocycles. The van der Waals surface area contributed by atoms with Crippen LogP contribution in [0.5, 0.6) is 0 Å². The molecule has 0 saturated carbocycles. The molecule has 0 aromatic carbocycles.